The lowest BCUT2D eigenvalue weighted by Crippen LogP contribution is -2.12. The highest BCUT2D eigenvalue weighted by molar-refractivity contribution is 5.49. The summed E-state index contributed by atoms with van der Waals surface area (Å²) in [6, 6.07) is 8.62. The molecule has 2 rings (SSSR count). The maximum absolute atomic E-state index is 6.22. The van der Waals surface area contributed by atoms with Gasteiger partial charge >= 0.3 is 0 Å². The van der Waals surface area contributed by atoms with Crippen molar-refractivity contribution in [2.75, 3.05) is 31.7 Å². The Morgan fingerprint density at radius 1 is 1.12 bits per heavy atom. The number of aryl methyl sites for hydroxylation is 1. The van der Waals surface area contributed by atoms with E-state index in [2.05, 4.69) is 65.5 Å². The summed E-state index contributed by atoms with van der Waals surface area (Å²) < 4.78 is 0. The molecule has 0 aliphatic heterocycles. The molecule has 0 aliphatic rings. The Morgan fingerprint density at radius 3 is 2.56 bits per heavy atom. The molecule has 0 fully saturated rings. The summed E-state index contributed by atoms with van der Waals surface area (Å²) in [5, 5.41) is 3.28. The van der Waals surface area contributed by atoms with E-state index >= 15 is 0 Å². The number of anilines is 2. The van der Waals surface area contributed by atoms with Crippen molar-refractivity contribution >= 4 is 11.8 Å². The van der Waals surface area contributed by atoms with Crippen LogP contribution in [0.5, 0.6) is 0 Å². The molecule has 0 saturated carbocycles. The zero-order valence-electron chi connectivity index (χ0n) is 16.0. The number of aromatic nitrogens is 2. The molecule has 2 aromatic rings. The van der Waals surface area contributed by atoms with Gasteiger partial charge in [-0.05, 0) is 38.6 Å². The number of unbranched alkanes of at least 4 members (excludes halogenated alkanes) is 2. The van der Waals surface area contributed by atoms with Crippen LogP contribution in [0.4, 0.5) is 11.8 Å². The second-order valence-electron chi connectivity index (χ2n) is 6.86. The van der Waals surface area contributed by atoms with Crippen LogP contribution in [0, 0.1) is 6.92 Å². The molecule has 1 aromatic carbocycles. The fraction of sp³-hybridized carbons (Fsp3) is 0.500. The molecule has 0 amide bonds. The van der Waals surface area contributed by atoms with Crippen molar-refractivity contribution in [3.8, 4) is 0 Å². The summed E-state index contributed by atoms with van der Waals surface area (Å²) in [6.07, 6.45) is 4.30. The smallest absolute Gasteiger partial charge is 0.224 e. The van der Waals surface area contributed by atoms with E-state index in [1.807, 2.05) is 6.92 Å². The van der Waals surface area contributed by atoms with Crippen LogP contribution in [0.25, 0.3) is 0 Å². The van der Waals surface area contributed by atoms with Crippen LogP contribution in [0.1, 0.15) is 48.6 Å². The first-order valence-electron chi connectivity index (χ1n) is 9.09. The molecule has 0 saturated heterocycles. The summed E-state index contributed by atoms with van der Waals surface area (Å²) in [4.78, 5) is 11.2. The van der Waals surface area contributed by atoms with Gasteiger partial charge in [0.1, 0.15) is 5.82 Å². The Morgan fingerprint density at radius 2 is 1.88 bits per heavy atom. The second kappa shape index (κ2) is 9.37. The van der Waals surface area contributed by atoms with Gasteiger partial charge in [-0.3, -0.25) is 0 Å². The predicted molar refractivity (Wildman–Crippen MR) is 106 cm³/mol. The van der Waals surface area contributed by atoms with Crippen LogP contribution in [0.15, 0.2) is 24.3 Å². The van der Waals surface area contributed by atoms with E-state index in [1.165, 1.54) is 24.0 Å². The molecule has 25 heavy (non-hydrogen) atoms. The van der Waals surface area contributed by atoms with Gasteiger partial charge in [0.2, 0.25) is 5.95 Å². The third-order valence-electron chi connectivity index (χ3n) is 4.18. The number of benzene rings is 1. The van der Waals surface area contributed by atoms with Gasteiger partial charge in [-0.25, -0.2) is 4.98 Å². The number of nitrogen functional groups attached to an aromatic ring is 1. The molecule has 0 unspecified atom stereocenters. The van der Waals surface area contributed by atoms with Gasteiger partial charge in [0.15, 0.2) is 0 Å². The minimum Gasteiger partial charge on any atom is -0.383 e. The average Bonchev–Trinajstić information content (AvgIpc) is 2.55. The third kappa shape index (κ3) is 6.02. The minimum absolute atomic E-state index is 0.573. The van der Waals surface area contributed by atoms with Gasteiger partial charge in [0.25, 0.3) is 0 Å². The normalized spacial score (nSPS) is 11.1. The zero-order chi connectivity index (χ0) is 18.2. The first-order chi connectivity index (χ1) is 12.0. The molecule has 0 radical (unpaired) electrons. The highest BCUT2D eigenvalue weighted by Gasteiger charge is 2.10. The molecule has 0 atom stereocenters. The van der Waals surface area contributed by atoms with Gasteiger partial charge in [-0.15, -0.1) is 0 Å². The van der Waals surface area contributed by atoms with E-state index in [9.17, 15) is 0 Å². The topological polar surface area (TPSA) is 67.1 Å². The lowest BCUT2D eigenvalue weighted by Gasteiger charge is -2.13. The molecular weight excluding hydrogens is 310 g/mol. The van der Waals surface area contributed by atoms with Gasteiger partial charge in [-0.2, -0.15) is 4.98 Å². The van der Waals surface area contributed by atoms with Crippen molar-refractivity contribution in [3.05, 3.63) is 46.6 Å². The number of rotatable bonds is 9. The molecule has 0 bridgehead atoms. The minimum atomic E-state index is 0.573. The molecule has 5 heteroatoms. The van der Waals surface area contributed by atoms with E-state index < -0.39 is 0 Å². The fourth-order valence-corrected chi connectivity index (χ4v) is 2.90. The summed E-state index contributed by atoms with van der Waals surface area (Å²) in [6.45, 7) is 6.02. The molecule has 5 nitrogen and oxygen atoms in total. The first-order valence-corrected chi connectivity index (χ1v) is 9.09. The van der Waals surface area contributed by atoms with Crippen molar-refractivity contribution in [2.45, 2.75) is 46.1 Å². The Balaban J connectivity index is 2.09. The summed E-state index contributed by atoms with van der Waals surface area (Å²) in [5.41, 5.74) is 10.7. The van der Waals surface area contributed by atoms with Crippen molar-refractivity contribution in [2.24, 2.45) is 0 Å². The fourth-order valence-electron chi connectivity index (χ4n) is 2.90. The number of nitrogens with two attached hydrogens (primary N) is 1. The largest absolute Gasteiger partial charge is 0.383 e. The summed E-state index contributed by atoms with van der Waals surface area (Å²) >= 11 is 0. The number of hydrogen-bond acceptors (Lipinski definition) is 5. The molecular formula is C20H31N5. The molecule has 0 spiro atoms. The van der Waals surface area contributed by atoms with E-state index in [4.69, 9.17) is 5.73 Å². The van der Waals surface area contributed by atoms with Gasteiger partial charge in [0.05, 0.1) is 0 Å². The molecule has 136 valence electrons. The molecule has 3 N–H and O–H groups in total. The van der Waals surface area contributed by atoms with Crippen LogP contribution in [-0.4, -0.2) is 35.5 Å². The van der Waals surface area contributed by atoms with Crippen molar-refractivity contribution in [1.29, 1.82) is 0 Å². The lowest BCUT2D eigenvalue weighted by atomic mass is 10.0. The van der Waals surface area contributed by atoms with Crippen molar-refractivity contribution in [1.82, 2.24) is 14.9 Å². The predicted octanol–water partition coefficient (Wildman–Crippen LogP) is 3.62. The van der Waals surface area contributed by atoms with Crippen LogP contribution in [0.2, 0.25) is 0 Å². The van der Waals surface area contributed by atoms with E-state index in [-0.39, 0.29) is 0 Å². The quantitative estimate of drug-likeness (QED) is 0.682. The lowest BCUT2D eigenvalue weighted by molar-refractivity contribution is 0.402. The second-order valence-corrected chi connectivity index (χ2v) is 6.86. The number of hydrogen-bond donors (Lipinski definition) is 2. The van der Waals surface area contributed by atoms with Crippen molar-refractivity contribution < 1.29 is 0 Å². The van der Waals surface area contributed by atoms with Gasteiger partial charge in [-0.1, -0.05) is 44.0 Å². The Bertz CT molecular complexity index is 659. The highest BCUT2D eigenvalue weighted by atomic mass is 15.1. The monoisotopic (exact) mass is 341 g/mol. The maximum Gasteiger partial charge on any atom is 0.224 e. The Kier molecular flexibility index (Phi) is 7.19. The Hall–Kier alpha value is -2.14. The zero-order valence-corrected chi connectivity index (χ0v) is 16.0. The highest BCUT2D eigenvalue weighted by Crippen LogP contribution is 2.20. The SMILES string of the molecule is CCCCCNc1nc(C)c(Cc2cccc(CN(C)C)c2)c(N)n1. The third-order valence-corrected chi connectivity index (χ3v) is 4.18. The Labute approximate surface area is 151 Å². The van der Waals surface area contributed by atoms with Crippen molar-refractivity contribution in [3.63, 3.8) is 0 Å². The van der Waals surface area contributed by atoms with E-state index in [0.29, 0.717) is 11.8 Å². The van der Waals surface area contributed by atoms with Crippen LogP contribution in [-0.2, 0) is 13.0 Å². The number of nitrogens with one attached hydrogen (secondary N) is 1. The molecule has 0 aliphatic carbocycles. The standard InChI is InChI=1S/C20H31N5/c1-5-6-7-11-22-20-23-15(2)18(19(21)24-20)13-16-9-8-10-17(12-16)14-25(3)4/h8-10,12H,5-7,11,13-14H2,1-4H3,(H3,21,22,23,24). The molecule has 1 aromatic heterocycles. The first kappa shape index (κ1) is 19.2. The van der Waals surface area contributed by atoms with Gasteiger partial charge in [0, 0.05) is 30.8 Å². The average molecular weight is 342 g/mol. The number of nitrogens with zero attached hydrogens (tertiary/aromatic N) is 3. The van der Waals surface area contributed by atoms with Crippen LogP contribution >= 0.6 is 0 Å². The molecule has 1 heterocycles. The maximum atomic E-state index is 6.22. The van der Waals surface area contributed by atoms with Crippen LogP contribution in [0.3, 0.4) is 0 Å². The van der Waals surface area contributed by atoms with Crippen LogP contribution < -0.4 is 11.1 Å². The van der Waals surface area contributed by atoms with Gasteiger partial charge < -0.3 is 16.0 Å². The van der Waals surface area contributed by atoms with E-state index in [0.717, 1.165) is 37.2 Å². The summed E-state index contributed by atoms with van der Waals surface area (Å²) in [7, 11) is 4.16. The van der Waals surface area contributed by atoms with E-state index in [1.54, 1.807) is 0 Å². The summed E-state index contributed by atoms with van der Waals surface area (Å²) in [5.74, 6) is 1.21.